The number of hydrogen-bond acceptors (Lipinski definition) is 7. The average molecular weight is 575 g/mol. The molecule has 7 nitrogen and oxygen atoms in total. The molecule has 0 radical (unpaired) electrons. The van der Waals surface area contributed by atoms with E-state index in [0.717, 1.165) is 57.8 Å². The van der Waals surface area contributed by atoms with Crippen molar-refractivity contribution in [1.82, 2.24) is 0 Å². The molecule has 12 atom stereocenters. The Morgan fingerprint density at radius 2 is 1.51 bits per heavy atom. The van der Waals surface area contributed by atoms with Gasteiger partial charge in [0.1, 0.15) is 12.2 Å². The molecule has 232 valence electrons. The van der Waals surface area contributed by atoms with Gasteiger partial charge >= 0.3 is 11.9 Å². The Morgan fingerprint density at radius 3 is 2.10 bits per heavy atom. The van der Waals surface area contributed by atoms with Gasteiger partial charge in [-0.3, -0.25) is 9.59 Å². The van der Waals surface area contributed by atoms with Crippen LogP contribution in [0.1, 0.15) is 120 Å². The first-order valence-electron chi connectivity index (χ1n) is 16.2. The van der Waals surface area contributed by atoms with Crippen molar-refractivity contribution in [2.24, 2.45) is 44.8 Å². The SMILES string of the molecule is CC(=O)O[C@H]1CC2[C@]3(CC[C@]4(C)[C@@H]([C@]5(C)CC[C@H](C(C)(C)O)O5)[C@@H](O)C[C@@]24C)C[C@@]32CC[C@H](OC(C)=O)C(C)(C)C12. The lowest BCUT2D eigenvalue weighted by Gasteiger charge is -2.64. The molecular weight excluding hydrogens is 520 g/mol. The molecule has 0 aromatic heterocycles. The van der Waals surface area contributed by atoms with E-state index < -0.39 is 17.3 Å². The quantitative estimate of drug-likeness (QED) is 0.423. The first-order chi connectivity index (χ1) is 18.8. The van der Waals surface area contributed by atoms with Gasteiger partial charge in [0, 0.05) is 31.1 Å². The van der Waals surface area contributed by atoms with Crippen LogP contribution < -0.4 is 0 Å². The fraction of sp³-hybridized carbons (Fsp3) is 0.941. The number of ether oxygens (including phenoxy) is 3. The van der Waals surface area contributed by atoms with Crippen molar-refractivity contribution in [3.05, 3.63) is 0 Å². The second-order valence-electron chi connectivity index (χ2n) is 17.1. The summed E-state index contributed by atoms with van der Waals surface area (Å²) in [7, 11) is 0. The van der Waals surface area contributed by atoms with Crippen LogP contribution in [0, 0.1) is 44.8 Å². The lowest BCUT2D eigenvalue weighted by atomic mass is 9.41. The second kappa shape index (κ2) is 8.72. The monoisotopic (exact) mass is 574 g/mol. The van der Waals surface area contributed by atoms with Gasteiger partial charge in [-0.1, -0.05) is 27.7 Å². The zero-order chi connectivity index (χ0) is 30.2. The molecule has 0 amide bonds. The van der Waals surface area contributed by atoms with Crippen molar-refractivity contribution in [3.63, 3.8) is 0 Å². The summed E-state index contributed by atoms with van der Waals surface area (Å²) >= 11 is 0. The third-order valence-corrected chi connectivity index (χ3v) is 14.3. The molecule has 6 aliphatic rings. The Bertz CT molecular complexity index is 1130. The topological polar surface area (TPSA) is 102 Å². The van der Waals surface area contributed by atoms with E-state index in [9.17, 15) is 19.8 Å². The van der Waals surface area contributed by atoms with Crippen molar-refractivity contribution in [2.75, 3.05) is 0 Å². The normalized spacial score (nSPS) is 53.4. The summed E-state index contributed by atoms with van der Waals surface area (Å²) in [6, 6.07) is 0. The van der Waals surface area contributed by atoms with Crippen LogP contribution in [0.2, 0.25) is 0 Å². The van der Waals surface area contributed by atoms with Gasteiger partial charge in [0.05, 0.1) is 23.4 Å². The number of hydrogen-bond donors (Lipinski definition) is 2. The molecule has 6 fully saturated rings. The molecule has 0 bridgehead atoms. The molecule has 7 heteroatoms. The van der Waals surface area contributed by atoms with Gasteiger partial charge in [0.15, 0.2) is 0 Å². The summed E-state index contributed by atoms with van der Waals surface area (Å²) in [5.74, 6) is -0.0675. The first kappa shape index (κ1) is 29.9. The van der Waals surface area contributed by atoms with E-state index in [0.29, 0.717) is 5.92 Å². The molecule has 0 aromatic rings. The summed E-state index contributed by atoms with van der Waals surface area (Å²) in [5.41, 5.74) is -1.80. The van der Waals surface area contributed by atoms with Gasteiger partial charge in [-0.15, -0.1) is 0 Å². The van der Waals surface area contributed by atoms with Gasteiger partial charge in [-0.05, 0) is 106 Å². The fourth-order valence-electron chi connectivity index (χ4n) is 12.8. The summed E-state index contributed by atoms with van der Waals surface area (Å²) in [6.07, 6.45) is 7.08. The van der Waals surface area contributed by atoms with Gasteiger partial charge in [0.2, 0.25) is 0 Å². The van der Waals surface area contributed by atoms with Gasteiger partial charge in [-0.2, -0.15) is 0 Å². The van der Waals surface area contributed by atoms with E-state index >= 15 is 0 Å². The number of aliphatic hydroxyl groups is 2. The molecule has 0 aromatic carbocycles. The Kier molecular flexibility index (Phi) is 6.35. The molecule has 6 rings (SSSR count). The lowest BCUT2D eigenvalue weighted by molar-refractivity contribution is -0.224. The molecule has 5 aliphatic carbocycles. The highest BCUT2D eigenvalue weighted by atomic mass is 16.6. The van der Waals surface area contributed by atoms with Crippen molar-refractivity contribution in [2.45, 2.75) is 156 Å². The Morgan fingerprint density at radius 1 is 0.854 bits per heavy atom. The lowest BCUT2D eigenvalue weighted by Crippen LogP contribution is -2.63. The average Bonchev–Trinajstić information content (AvgIpc) is 3.18. The molecule has 41 heavy (non-hydrogen) atoms. The Balaban J connectivity index is 1.38. The van der Waals surface area contributed by atoms with Crippen LogP contribution in [0.15, 0.2) is 0 Å². The summed E-state index contributed by atoms with van der Waals surface area (Å²) in [5, 5.41) is 22.7. The van der Waals surface area contributed by atoms with Crippen LogP contribution in [0.5, 0.6) is 0 Å². The minimum absolute atomic E-state index is 0.0274. The van der Waals surface area contributed by atoms with E-state index in [1.54, 1.807) is 0 Å². The third kappa shape index (κ3) is 3.79. The summed E-state index contributed by atoms with van der Waals surface area (Å²) < 4.78 is 18.8. The summed E-state index contributed by atoms with van der Waals surface area (Å²) in [4.78, 5) is 24.6. The van der Waals surface area contributed by atoms with Crippen molar-refractivity contribution < 1.29 is 34.0 Å². The number of esters is 2. The second-order valence-corrected chi connectivity index (χ2v) is 17.1. The third-order valence-electron chi connectivity index (χ3n) is 14.3. The van der Waals surface area contributed by atoms with E-state index in [1.165, 1.54) is 13.8 Å². The number of carbonyl (C=O) groups excluding carboxylic acids is 2. The molecule has 1 saturated heterocycles. The van der Waals surface area contributed by atoms with Crippen LogP contribution >= 0.6 is 0 Å². The molecule has 1 heterocycles. The number of rotatable bonds is 4. The van der Waals surface area contributed by atoms with Gasteiger partial charge in [-0.25, -0.2) is 0 Å². The van der Waals surface area contributed by atoms with E-state index in [1.807, 2.05) is 13.8 Å². The van der Waals surface area contributed by atoms with Crippen LogP contribution in [-0.4, -0.2) is 57.8 Å². The molecule has 2 N–H and O–H groups in total. The molecular formula is C34H54O7. The minimum atomic E-state index is -0.921. The minimum Gasteiger partial charge on any atom is -0.462 e. The van der Waals surface area contributed by atoms with Crippen LogP contribution in [0.3, 0.4) is 0 Å². The van der Waals surface area contributed by atoms with E-state index in [4.69, 9.17) is 14.2 Å². The standard InChI is InChI=1S/C34H54O7/c1-19(35)39-22-16-23-31(8)17-21(37)26(32(9)12-10-25(41-32)29(5,6)38)30(31,7)14-15-33(23)18-34(33)13-11-24(40-20(2)36)28(3,4)27(22)34/h21-27,37-38H,10-18H2,1-9H3/t21-,22-,23?,24-,25+,26-,27?,30+,31-,32-,33-,34+/m0/s1. The van der Waals surface area contributed by atoms with Crippen LogP contribution in [0.25, 0.3) is 0 Å². The highest BCUT2D eigenvalue weighted by Crippen LogP contribution is 2.89. The maximum Gasteiger partial charge on any atom is 0.302 e. The van der Waals surface area contributed by atoms with Crippen molar-refractivity contribution in [3.8, 4) is 0 Å². The number of fused-ring (bicyclic) bond motifs is 2. The fourth-order valence-corrected chi connectivity index (χ4v) is 12.8. The zero-order valence-electron chi connectivity index (χ0n) is 26.8. The highest BCUT2D eigenvalue weighted by Gasteiger charge is 2.85. The highest BCUT2D eigenvalue weighted by molar-refractivity contribution is 5.67. The summed E-state index contributed by atoms with van der Waals surface area (Å²) in [6.45, 7) is 18.1. The van der Waals surface area contributed by atoms with Crippen molar-refractivity contribution in [1.29, 1.82) is 0 Å². The maximum absolute atomic E-state index is 12.6. The van der Waals surface area contributed by atoms with Gasteiger partial charge < -0.3 is 24.4 Å². The largest absolute Gasteiger partial charge is 0.462 e. The van der Waals surface area contributed by atoms with E-state index in [-0.39, 0.29) is 69.2 Å². The number of carbonyl (C=O) groups is 2. The first-order valence-corrected chi connectivity index (χ1v) is 16.2. The molecule has 2 unspecified atom stereocenters. The van der Waals surface area contributed by atoms with Gasteiger partial charge in [0.25, 0.3) is 0 Å². The van der Waals surface area contributed by atoms with E-state index in [2.05, 4.69) is 34.6 Å². The van der Waals surface area contributed by atoms with Crippen LogP contribution in [0.4, 0.5) is 0 Å². The predicted octanol–water partition coefficient (Wildman–Crippen LogP) is 5.58. The molecule has 2 spiro atoms. The van der Waals surface area contributed by atoms with Crippen molar-refractivity contribution >= 4 is 11.9 Å². The Labute approximate surface area is 246 Å². The molecule has 5 saturated carbocycles. The predicted molar refractivity (Wildman–Crippen MR) is 154 cm³/mol. The maximum atomic E-state index is 12.6. The zero-order valence-corrected chi connectivity index (χ0v) is 26.8. The smallest absolute Gasteiger partial charge is 0.302 e. The number of aliphatic hydroxyl groups excluding tert-OH is 1. The van der Waals surface area contributed by atoms with Crippen LogP contribution in [-0.2, 0) is 23.8 Å². The molecule has 1 aliphatic heterocycles. The Hall–Kier alpha value is -1.18.